The van der Waals surface area contributed by atoms with Crippen molar-refractivity contribution in [3.63, 3.8) is 0 Å². The third-order valence-corrected chi connectivity index (χ3v) is 9.04. The predicted octanol–water partition coefficient (Wildman–Crippen LogP) is 2.78. The van der Waals surface area contributed by atoms with Gasteiger partial charge >= 0.3 is 6.03 Å². The van der Waals surface area contributed by atoms with Crippen LogP contribution < -0.4 is 10.2 Å². The monoisotopic (exact) mass is 522 g/mol. The molecule has 1 saturated heterocycles. The van der Waals surface area contributed by atoms with Gasteiger partial charge in [0.2, 0.25) is 15.9 Å². The zero-order valence-electron chi connectivity index (χ0n) is 21.1. The van der Waals surface area contributed by atoms with Crippen molar-refractivity contribution in [2.24, 2.45) is 7.05 Å². The third-order valence-electron chi connectivity index (χ3n) is 7.24. The van der Waals surface area contributed by atoms with Crippen molar-refractivity contribution in [1.82, 2.24) is 19.0 Å². The van der Waals surface area contributed by atoms with Crippen molar-refractivity contribution >= 4 is 33.5 Å². The second-order valence-electron chi connectivity index (χ2n) is 9.79. The highest BCUT2D eigenvalue weighted by Gasteiger charge is 2.50. The molecular weight excluding hydrogens is 492 g/mol. The minimum absolute atomic E-state index is 0.0406. The molecule has 10 nitrogen and oxygen atoms in total. The summed E-state index contributed by atoms with van der Waals surface area (Å²) in [5, 5.41) is 7.05. The first-order chi connectivity index (χ1) is 17.6. The van der Waals surface area contributed by atoms with Crippen LogP contribution in [0.25, 0.3) is 0 Å². The maximum Gasteiger partial charge on any atom is 0.327 e. The van der Waals surface area contributed by atoms with E-state index in [1.54, 1.807) is 59.0 Å². The molecule has 2 aliphatic rings. The van der Waals surface area contributed by atoms with E-state index in [2.05, 4.69) is 10.4 Å². The molecule has 1 atom stereocenters. The van der Waals surface area contributed by atoms with E-state index in [1.165, 1.54) is 11.2 Å². The van der Waals surface area contributed by atoms with Crippen molar-refractivity contribution in [2.45, 2.75) is 30.2 Å². The Balaban J connectivity index is 1.49. The van der Waals surface area contributed by atoms with Crippen molar-refractivity contribution in [2.75, 3.05) is 36.9 Å². The van der Waals surface area contributed by atoms with E-state index < -0.39 is 15.4 Å². The highest BCUT2D eigenvalue weighted by molar-refractivity contribution is 7.89. The summed E-state index contributed by atoms with van der Waals surface area (Å²) in [5.74, 6) is 0.384. The molecule has 0 bridgehead atoms. The number of nitrogens with one attached hydrogen (secondary N) is 1. The van der Waals surface area contributed by atoms with E-state index in [-0.39, 0.29) is 23.4 Å². The Morgan fingerprint density at radius 3 is 2.51 bits per heavy atom. The molecule has 2 aromatic carbocycles. The molecule has 3 heterocycles. The summed E-state index contributed by atoms with van der Waals surface area (Å²) in [7, 11) is -0.472. The lowest BCUT2D eigenvalue weighted by Gasteiger charge is -2.25. The normalized spacial score (nSPS) is 19.0. The molecule has 0 radical (unpaired) electrons. The first-order valence-corrected chi connectivity index (χ1v) is 13.5. The highest BCUT2D eigenvalue weighted by Crippen LogP contribution is 2.47. The van der Waals surface area contributed by atoms with Gasteiger partial charge in [0.15, 0.2) is 5.82 Å². The molecule has 0 saturated carbocycles. The number of hydrogen-bond donors (Lipinski definition) is 1. The van der Waals surface area contributed by atoms with Gasteiger partial charge in [-0.25, -0.2) is 13.2 Å². The van der Waals surface area contributed by atoms with Crippen molar-refractivity contribution in [1.29, 1.82) is 0 Å². The number of benzene rings is 2. The van der Waals surface area contributed by atoms with Crippen LogP contribution in [0.15, 0.2) is 65.7 Å². The first-order valence-electron chi connectivity index (χ1n) is 12.1. The Bertz CT molecular complexity index is 1450. The number of rotatable bonds is 5. The smallest absolute Gasteiger partial charge is 0.327 e. The second-order valence-corrected chi connectivity index (χ2v) is 11.8. The summed E-state index contributed by atoms with van der Waals surface area (Å²) in [6, 6.07) is 15.7. The lowest BCUT2D eigenvalue weighted by Crippen LogP contribution is -2.41. The standard InChI is InChI=1S/C26H30N6O4S/c1-19(33)31-14-12-26(17-31)18-32(25(34)27-24-11-13-29(2)28-24)23-10-9-21(15-22(23)26)37(35,36)30(3)16-20-7-5-4-6-8-20/h4-11,13,15H,12,14,16-18H2,1-3H3,(H,27,28,34). The molecule has 1 N–H and O–H groups in total. The van der Waals surface area contributed by atoms with Crippen LogP contribution in [-0.2, 0) is 33.8 Å². The second kappa shape index (κ2) is 9.31. The number of nitrogens with zero attached hydrogens (tertiary/aromatic N) is 5. The van der Waals surface area contributed by atoms with Gasteiger partial charge in [-0.3, -0.25) is 19.7 Å². The number of urea groups is 1. The Labute approximate surface area is 216 Å². The van der Waals surface area contributed by atoms with E-state index in [0.29, 0.717) is 37.6 Å². The quantitative estimate of drug-likeness (QED) is 0.555. The number of aromatic nitrogens is 2. The van der Waals surface area contributed by atoms with Crippen LogP contribution >= 0.6 is 0 Å². The van der Waals surface area contributed by atoms with Gasteiger partial charge in [-0.1, -0.05) is 30.3 Å². The molecule has 2 aliphatic heterocycles. The van der Waals surface area contributed by atoms with Gasteiger partial charge in [-0.05, 0) is 35.7 Å². The average molecular weight is 523 g/mol. The number of anilines is 2. The van der Waals surface area contributed by atoms with Gasteiger partial charge in [0, 0.05) is 70.6 Å². The number of fused-ring (bicyclic) bond motifs is 2. The summed E-state index contributed by atoms with van der Waals surface area (Å²) < 4.78 is 30.0. The number of sulfonamides is 1. The summed E-state index contributed by atoms with van der Waals surface area (Å²) in [4.78, 5) is 29.0. The number of carbonyl (C=O) groups is 2. The molecule has 0 aliphatic carbocycles. The predicted molar refractivity (Wildman–Crippen MR) is 140 cm³/mol. The zero-order chi connectivity index (χ0) is 26.4. The van der Waals surface area contributed by atoms with E-state index in [4.69, 9.17) is 0 Å². The maximum atomic E-state index is 13.5. The zero-order valence-corrected chi connectivity index (χ0v) is 21.9. The van der Waals surface area contributed by atoms with Gasteiger partial charge in [0.25, 0.3) is 0 Å². The minimum atomic E-state index is -3.80. The maximum absolute atomic E-state index is 13.5. The molecule has 3 aromatic rings. The number of amides is 3. The molecule has 1 fully saturated rings. The van der Waals surface area contributed by atoms with Gasteiger partial charge in [-0.2, -0.15) is 9.40 Å². The lowest BCUT2D eigenvalue weighted by atomic mass is 9.81. The van der Waals surface area contributed by atoms with Crippen LogP contribution in [0.3, 0.4) is 0 Å². The summed E-state index contributed by atoms with van der Waals surface area (Å²) in [6.07, 6.45) is 2.37. The van der Waals surface area contributed by atoms with Gasteiger partial charge < -0.3 is 4.90 Å². The van der Waals surface area contributed by atoms with Crippen molar-refractivity contribution in [3.05, 3.63) is 71.9 Å². The molecule has 37 heavy (non-hydrogen) atoms. The van der Waals surface area contributed by atoms with Crippen LogP contribution in [0.4, 0.5) is 16.3 Å². The molecule has 5 rings (SSSR count). The molecule has 194 valence electrons. The molecule has 3 amide bonds. The minimum Gasteiger partial charge on any atom is -0.342 e. The fraction of sp³-hybridized carbons (Fsp3) is 0.346. The van der Waals surface area contributed by atoms with Crippen LogP contribution in [-0.4, -0.2) is 66.0 Å². The Kier molecular flexibility index (Phi) is 6.28. The van der Waals surface area contributed by atoms with Crippen LogP contribution in [0, 0.1) is 0 Å². The Morgan fingerprint density at radius 1 is 1.11 bits per heavy atom. The van der Waals surface area contributed by atoms with E-state index in [1.807, 2.05) is 30.3 Å². The number of hydrogen-bond acceptors (Lipinski definition) is 5. The Hall–Kier alpha value is -3.70. The van der Waals surface area contributed by atoms with E-state index in [0.717, 1.165) is 11.1 Å². The fourth-order valence-corrected chi connectivity index (χ4v) is 6.43. The molecule has 1 unspecified atom stereocenters. The van der Waals surface area contributed by atoms with Crippen LogP contribution in [0.1, 0.15) is 24.5 Å². The SMILES string of the molecule is CC(=O)N1CCC2(C1)CN(C(=O)Nc1ccn(C)n1)c1ccc(S(=O)(=O)N(C)Cc3ccccc3)cc12. The first kappa shape index (κ1) is 25.0. The molecule has 1 aromatic heterocycles. The van der Waals surface area contributed by atoms with Crippen LogP contribution in [0.5, 0.6) is 0 Å². The van der Waals surface area contributed by atoms with Gasteiger partial charge in [0.05, 0.1) is 4.90 Å². The summed E-state index contributed by atoms with van der Waals surface area (Å²) in [6.45, 7) is 3.08. The van der Waals surface area contributed by atoms with E-state index in [9.17, 15) is 18.0 Å². The fourth-order valence-electron chi connectivity index (χ4n) is 5.24. The lowest BCUT2D eigenvalue weighted by molar-refractivity contribution is -0.127. The summed E-state index contributed by atoms with van der Waals surface area (Å²) in [5.41, 5.74) is 1.74. The van der Waals surface area contributed by atoms with Crippen molar-refractivity contribution in [3.8, 4) is 0 Å². The molecular formula is C26H30N6O4S. The number of likely N-dealkylation sites (tertiary alicyclic amines) is 1. The van der Waals surface area contributed by atoms with Gasteiger partial charge in [-0.15, -0.1) is 0 Å². The summed E-state index contributed by atoms with van der Waals surface area (Å²) >= 11 is 0. The van der Waals surface area contributed by atoms with Gasteiger partial charge in [0.1, 0.15) is 0 Å². The van der Waals surface area contributed by atoms with Crippen LogP contribution in [0.2, 0.25) is 0 Å². The van der Waals surface area contributed by atoms with E-state index >= 15 is 0 Å². The third kappa shape index (κ3) is 4.60. The topological polar surface area (TPSA) is 108 Å². The average Bonchev–Trinajstić information content (AvgIpc) is 3.57. The molecule has 11 heteroatoms. The molecule has 1 spiro atoms. The van der Waals surface area contributed by atoms with Crippen molar-refractivity contribution < 1.29 is 18.0 Å². The highest BCUT2D eigenvalue weighted by atomic mass is 32.2. The largest absolute Gasteiger partial charge is 0.342 e. The number of aryl methyl sites for hydroxylation is 1. The Morgan fingerprint density at radius 2 is 1.86 bits per heavy atom. The number of carbonyl (C=O) groups excluding carboxylic acids is 2.